The maximum Gasteiger partial charge on any atom is 0.319 e. The summed E-state index contributed by atoms with van der Waals surface area (Å²) in [5.41, 5.74) is 3.40. The number of hydrogen-bond donors (Lipinski definition) is 2. The Morgan fingerprint density at radius 1 is 1.04 bits per heavy atom. The fourth-order valence-electron chi connectivity index (χ4n) is 3.75. The molecule has 0 atom stereocenters. The number of anilines is 1. The molecule has 0 radical (unpaired) electrons. The lowest BCUT2D eigenvalue weighted by Crippen LogP contribution is -2.37. The third-order valence-corrected chi connectivity index (χ3v) is 5.40. The van der Waals surface area contributed by atoms with E-state index in [-0.39, 0.29) is 6.03 Å². The summed E-state index contributed by atoms with van der Waals surface area (Å²) in [5, 5.41) is 5.88. The van der Waals surface area contributed by atoms with E-state index in [1.165, 1.54) is 37.9 Å². The average molecular weight is 366 g/mol. The largest absolute Gasteiger partial charge is 0.338 e. The van der Waals surface area contributed by atoms with Crippen LogP contribution in [0.3, 0.4) is 0 Å². The highest BCUT2D eigenvalue weighted by Crippen LogP contribution is 2.21. The Morgan fingerprint density at radius 2 is 1.74 bits per heavy atom. The molecule has 4 heteroatoms. The van der Waals surface area contributed by atoms with Crippen molar-refractivity contribution in [1.29, 1.82) is 0 Å². The van der Waals surface area contributed by atoms with E-state index in [9.17, 15) is 4.79 Å². The van der Waals surface area contributed by atoms with Gasteiger partial charge in [0.25, 0.3) is 0 Å². The third kappa shape index (κ3) is 6.40. The molecule has 1 saturated heterocycles. The zero-order valence-corrected chi connectivity index (χ0v) is 16.3. The Morgan fingerprint density at radius 3 is 2.48 bits per heavy atom. The van der Waals surface area contributed by atoms with Crippen LogP contribution >= 0.6 is 0 Å². The van der Waals surface area contributed by atoms with Crippen molar-refractivity contribution < 1.29 is 4.79 Å². The second kappa shape index (κ2) is 10.1. The van der Waals surface area contributed by atoms with Crippen LogP contribution in [0.5, 0.6) is 0 Å². The van der Waals surface area contributed by atoms with Crippen molar-refractivity contribution in [1.82, 2.24) is 10.2 Å². The van der Waals surface area contributed by atoms with Crippen LogP contribution in [0.2, 0.25) is 0 Å². The maximum atomic E-state index is 12.0. The molecule has 4 nitrogen and oxygen atoms in total. The van der Waals surface area contributed by atoms with E-state index in [2.05, 4.69) is 45.9 Å². The lowest BCUT2D eigenvalue weighted by atomic mass is 9.90. The summed E-state index contributed by atoms with van der Waals surface area (Å²) < 4.78 is 0. The number of nitrogens with one attached hydrogen (secondary N) is 2. The topological polar surface area (TPSA) is 44.4 Å². The average Bonchev–Trinajstić information content (AvgIpc) is 2.69. The Labute approximate surface area is 163 Å². The molecule has 1 aliphatic heterocycles. The molecule has 0 aliphatic carbocycles. The highest BCUT2D eigenvalue weighted by atomic mass is 16.2. The van der Waals surface area contributed by atoms with Crippen molar-refractivity contribution >= 4 is 11.7 Å². The van der Waals surface area contributed by atoms with Crippen molar-refractivity contribution in [3.63, 3.8) is 0 Å². The summed E-state index contributed by atoms with van der Waals surface area (Å²) >= 11 is 0. The first kappa shape index (κ1) is 19.4. The van der Waals surface area contributed by atoms with Gasteiger partial charge in [0.05, 0.1) is 0 Å². The van der Waals surface area contributed by atoms with Crippen LogP contribution in [0, 0.1) is 12.8 Å². The van der Waals surface area contributed by atoms with Gasteiger partial charge in [-0.3, -0.25) is 0 Å². The zero-order valence-electron chi connectivity index (χ0n) is 16.3. The summed E-state index contributed by atoms with van der Waals surface area (Å²) in [4.78, 5) is 14.5. The zero-order chi connectivity index (χ0) is 18.9. The van der Waals surface area contributed by atoms with Gasteiger partial charge in [0, 0.05) is 12.2 Å². The van der Waals surface area contributed by atoms with Crippen LogP contribution in [0.25, 0.3) is 0 Å². The molecule has 27 heavy (non-hydrogen) atoms. The summed E-state index contributed by atoms with van der Waals surface area (Å²) in [6.07, 6.45) is 4.74. The number of piperidine rings is 1. The molecule has 2 N–H and O–H groups in total. The molecule has 1 aliphatic rings. The van der Waals surface area contributed by atoms with Crippen LogP contribution in [-0.2, 0) is 6.42 Å². The van der Waals surface area contributed by atoms with Gasteiger partial charge in [-0.1, -0.05) is 48.5 Å². The number of carbonyl (C=O) groups is 1. The standard InChI is InChI=1S/C23H31N3O/c1-19-8-5-6-11-22(19)25-23(27)24-14-7-15-26-16-12-21(13-17-26)18-20-9-3-2-4-10-20/h2-6,8-11,21H,7,12-18H2,1H3,(H2,24,25,27). The maximum absolute atomic E-state index is 12.0. The van der Waals surface area contributed by atoms with Crippen LogP contribution in [0.1, 0.15) is 30.4 Å². The Kier molecular flexibility index (Phi) is 7.28. The minimum atomic E-state index is -0.120. The van der Waals surface area contributed by atoms with E-state index in [0.29, 0.717) is 6.54 Å². The molecule has 1 fully saturated rings. The van der Waals surface area contributed by atoms with E-state index < -0.39 is 0 Å². The molecule has 144 valence electrons. The second-order valence-corrected chi connectivity index (χ2v) is 7.52. The van der Waals surface area contributed by atoms with Gasteiger partial charge in [0.1, 0.15) is 0 Å². The van der Waals surface area contributed by atoms with Gasteiger partial charge in [0.15, 0.2) is 0 Å². The predicted octanol–water partition coefficient (Wildman–Crippen LogP) is 4.46. The first-order valence-corrected chi connectivity index (χ1v) is 10.1. The molecule has 0 saturated carbocycles. The molecule has 2 aromatic carbocycles. The van der Waals surface area contributed by atoms with Gasteiger partial charge < -0.3 is 15.5 Å². The molecule has 2 aromatic rings. The summed E-state index contributed by atoms with van der Waals surface area (Å²) in [6.45, 7) is 6.11. The smallest absolute Gasteiger partial charge is 0.319 e. The van der Waals surface area contributed by atoms with Crippen molar-refractivity contribution in [2.45, 2.75) is 32.6 Å². The molecule has 0 unspecified atom stereocenters. The van der Waals surface area contributed by atoms with Crippen LogP contribution in [0.15, 0.2) is 54.6 Å². The Bertz CT molecular complexity index is 709. The number of aryl methyl sites for hydroxylation is 1. The van der Waals surface area contributed by atoms with Gasteiger partial charge in [-0.2, -0.15) is 0 Å². The lowest BCUT2D eigenvalue weighted by molar-refractivity contribution is 0.182. The molecule has 2 amide bonds. The van der Waals surface area contributed by atoms with E-state index in [1.54, 1.807) is 0 Å². The third-order valence-electron chi connectivity index (χ3n) is 5.40. The lowest BCUT2D eigenvalue weighted by Gasteiger charge is -2.32. The minimum absolute atomic E-state index is 0.120. The van der Waals surface area contributed by atoms with Gasteiger partial charge in [-0.15, -0.1) is 0 Å². The predicted molar refractivity (Wildman–Crippen MR) is 112 cm³/mol. The van der Waals surface area contributed by atoms with Gasteiger partial charge >= 0.3 is 6.03 Å². The number of nitrogens with zero attached hydrogens (tertiary/aromatic N) is 1. The van der Waals surface area contributed by atoms with E-state index in [1.807, 2.05) is 31.2 Å². The van der Waals surface area contributed by atoms with E-state index in [0.717, 1.165) is 30.1 Å². The van der Waals surface area contributed by atoms with Gasteiger partial charge in [-0.05, 0) is 75.4 Å². The fourth-order valence-corrected chi connectivity index (χ4v) is 3.75. The molecule has 0 aromatic heterocycles. The number of rotatable bonds is 7. The Balaban J connectivity index is 1.28. The van der Waals surface area contributed by atoms with E-state index >= 15 is 0 Å². The van der Waals surface area contributed by atoms with Crippen molar-refractivity contribution in [3.05, 3.63) is 65.7 Å². The van der Waals surface area contributed by atoms with Gasteiger partial charge in [-0.25, -0.2) is 4.79 Å². The molecule has 0 bridgehead atoms. The van der Waals surface area contributed by atoms with Crippen LogP contribution < -0.4 is 10.6 Å². The number of likely N-dealkylation sites (tertiary alicyclic amines) is 1. The van der Waals surface area contributed by atoms with Crippen LogP contribution in [0.4, 0.5) is 10.5 Å². The SMILES string of the molecule is Cc1ccccc1NC(=O)NCCCN1CCC(Cc2ccccc2)CC1. The summed E-state index contributed by atoms with van der Waals surface area (Å²) in [5.74, 6) is 0.807. The highest BCUT2D eigenvalue weighted by Gasteiger charge is 2.19. The van der Waals surface area contributed by atoms with Crippen molar-refractivity contribution in [3.8, 4) is 0 Å². The molecule has 0 spiro atoms. The first-order valence-electron chi connectivity index (χ1n) is 10.1. The summed E-state index contributed by atoms with van der Waals surface area (Å²) in [7, 11) is 0. The Hall–Kier alpha value is -2.33. The van der Waals surface area contributed by atoms with E-state index in [4.69, 9.17) is 0 Å². The fraction of sp³-hybridized carbons (Fsp3) is 0.435. The molecular formula is C23H31N3O. The normalized spacial score (nSPS) is 15.4. The molecular weight excluding hydrogens is 334 g/mol. The number of urea groups is 1. The van der Waals surface area contributed by atoms with Crippen molar-refractivity contribution in [2.24, 2.45) is 5.92 Å². The van der Waals surface area contributed by atoms with Crippen LogP contribution in [-0.4, -0.2) is 37.1 Å². The minimum Gasteiger partial charge on any atom is -0.338 e. The quantitative estimate of drug-likeness (QED) is 0.712. The number of benzene rings is 2. The number of hydrogen-bond acceptors (Lipinski definition) is 2. The summed E-state index contributed by atoms with van der Waals surface area (Å²) in [6, 6.07) is 18.5. The number of amides is 2. The monoisotopic (exact) mass is 365 g/mol. The number of para-hydroxylation sites is 1. The number of carbonyl (C=O) groups excluding carboxylic acids is 1. The highest BCUT2D eigenvalue weighted by molar-refractivity contribution is 5.89. The second-order valence-electron chi connectivity index (χ2n) is 7.52. The van der Waals surface area contributed by atoms with Crippen molar-refractivity contribution in [2.75, 3.05) is 31.5 Å². The first-order chi connectivity index (χ1) is 13.2. The molecule has 3 rings (SSSR count). The van der Waals surface area contributed by atoms with Gasteiger partial charge in [0.2, 0.25) is 0 Å². The molecule has 1 heterocycles.